The molecule has 1 aromatic heterocycles. The quantitative estimate of drug-likeness (QED) is 0.368. The lowest BCUT2D eigenvalue weighted by molar-refractivity contribution is 0.0662. The number of hydrogen-bond acceptors (Lipinski definition) is 3. The highest BCUT2D eigenvalue weighted by Crippen LogP contribution is 2.50. The second-order valence-corrected chi connectivity index (χ2v) is 10.3. The summed E-state index contributed by atoms with van der Waals surface area (Å²) < 4.78 is 5.41. The summed E-state index contributed by atoms with van der Waals surface area (Å²) in [6, 6.07) is 3.19. The van der Waals surface area contributed by atoms with Gasteiger partial charge in [-0.3, -0.25) is 4.99 Å². The van der Waals surface area contributed by atoms with Crippen LogP contribution in [0.4, 0.5) is 0 Å². The van der Waals surface area contributed by atoms with Crippen molar-refractivity contribution in [3.05, 3.63) is 64.3 Å². The van der Waals surface area contributed by atoms with Crippen LogP contribution in [0.2, 0.25) is 0 Å². The Bertz CT molecular complexity index is 1040. The van der Waals surface area contributed by atoms with Crippen molar-refractivity contribution in [1.29, 1.82) is 0 Å². The largest absolute Gasteiger partial charge is 0.475 e. The van der Waals surface area contributed by atoms with E-state index in [-0.39, 0.29) is 11.2 Å². The molecule has 1 aromatic rings. The zero-order valence-corrected chi connectivity index (χ0v) is 20.3. The van der Waals surface area contributed by atoms with Gasteiger partial charge in [-0.1, -0.05) is 71.4 Å². The SMILES string of the molecule is CCCCCCCCC1C=CC(/C=C\c2ccc(C(=O)O)o2)=C2N=C3CCCC(C)(C)C3=C21. The number of aliphatic imine (C=N–C) groups is 1. The molecule has 1 unspecified atom stereocenters. The topological polar surface area (TPSA) is 62.8 Å². The molecule has 3 aliphatic rings. The number of carboxylic acids is 1. The molecule has 0 radical (unpaired) electrons. The first kappa shape index (κ1) is 23.5. The van der Waals surface area contributed by atoms with Gasteiger partial charge in [0.05, 0.1) is 5.70 Å². The number of fused-ring (bicyclic) bond motifs is 2. The van der Waals surface area contributed by atoms with E-state index < -0.39 is 5.97 Å². The van der Waals surface area contributed by atoms with Crippen LogP contribution in [0.1, 0.15) is 101 Å². The molecule has 1 aliphatic heterocycles. The Morgan fingerprint density at radius 3 is 2.73 bits per heavy atom. The minimum atomic E-state index is -1.05. The summed E-state index contributed by atoms with van der Waals surface area (Å²) in [5.41, 5.74) is 6.57. The van der Waals surface area contributed by atoms with Crippen molar-refractivity contribution in [2.75, 3.05) is 0 Å². The third kappa shape index (κ3) is 5.15. The van der Waals surface area contributed by atoms with Crippen LogP contribution in [0.3, 0.4) is 0 Å². The van der Waals surface area contributed by atoms with Crippen molar-refractivity contribution in [2.45, 2.75) is 85.0 Å². The highest BCUT2D eigenvalue weighted by atomic mass is 16.4. The van der Waals surface area contributed by atoms with Crippen LogP contribution < -0.4 is 0 Å². The monoisotopic (exact) mass is 447 g/mol. The van der Waals surface area contributed by atoms with E-state index in [0.29, 0.717) is 11.7 Å². The van der Waals surface area contributed by atoms with Crippen LogP contribution in [-0.4, -0.2) is 16.8 Å². The molecule has 1 saturated carbocycles. The first-order valence-corrected chi connectivity index (χ1v) is 12.7. The van der Waals surface area contributed by atoms with Gasteiger partial charge in [0.15, 0.2) is 0 Å². The molecule has 1 fully saturated rings. The van der Waals surface area contributed by atoms with Gasteiger partial charge in [0, 0.05) is 17.2 Å². The van der Waals surface area contributed by atoms with Crippen LogP contribution in [0.5, 0.6) is 0 Å². The summed E-state index contributed by atoms with van der Waals surface area (Å²) in [7, 11) is 0. The van der Waals surface area contributed by atoms with Crippen LogP contribution in [0.25, 0.3) is 6.08 Å². The van der Waals surface area contributed by atoms with Gasteiger partial charge in [0.2, 0.25) is 5.76 Å². The molecule has 4 heteroatoms. The minimum absolute atomic E-state index is 0.0397. The predicted octanol–water partition coefficient (Wildman–Crippen LogP) is 8.14. The van der Waals surface area contributed by atoms with Crippen molar-refractivity contribution in [3.8, 4) is 0 Å². The fourth-order valence-corrected chi connectivity index (χ4v) is 5.51. The first-order valence-electron chi connectivity index (χ1n) is 12.7. The van der Waals surface area contributed by atoms with Gasteiger partial charge in [-0.2, -0.15) is 0 Å². The number of furan rings is 1. The molecule has 2 aliphatic carbocycles. The molecular formula is C29H37NO3. The molecule has 0 spiro atoms. The van der Waals surface area contributed by atoms with E-state index in [1.54, 1.807) is 6.07 Å². The molecule has 0 aromatic carbocycles. The van der Waals surface area contributed by atoms with Gasteiger partial charge in [-0.25, -0.2) is 4.79 Å². The van der Waals surface area contributed by atoms with E-state index in [9.17, 15) is 4.79 Å². The van der Waals surface area contributed by atoms with Crippen LogP contribution in [0, 0.1) is 11.3 Å². The number of nitrogens with zero attached hydrogens (tertiary/aromatic N) is 1. The van der Waals surface area contributed by atoms with E-state index in [2.05, 4.69) is 32.9 Å². The number of allylic oxidation sites excluding steroid dienone is 6. The third-order valence-electron chi connectivity index (χ3n) is 7.24. The van der Waals surface area contributed by atoms with Gasteiger partial charge in [0.1, 0.15) is 5.76 Å². The number of carboxylic acid groups (broad SMARTS) is 1. The zero-order chi connectivity index (χ0) is 23.4. The highest BCUT2D eigenvalue weighted by molar-refractivity contribution is 6.07. The Morgan fingerprint density at radius 1 is 1.18 bits per heavy atom. The second-order valence-electron chi connectivity index (χ2n) is 10.3. The maximum Gasteiger partial charge on any atom is 0.371 e. The van der Waals surface area contributed by atoms with E-state index in [4.69, 9.17) is 14.5 Å². The second kappa shape index (κ2) is 10.1. The Balaban J connectivity index is 1.59. The maximum atomic E-state index is 11.1. The number of carbonyl (C=O) groups is 1. The van der Waals surface area contributed by atoms with E-state index in [1.807, 2.05) is 12.2 Å². The molecule has 1 N–H and O–H groups in total. The van der Waals surface area contributed by atoms with Crippen molar-refractivity contribution in [2.24, 2.45) is 16.3 Å². The first-order chi connectivity index (χ1) is 15.9. The Labute approximate surface area is 197 Å². The summed E-state index contributed by atoms with van der Waals surface area (Å²) in [6.45, 7) is 7.01. The predicted molar refractivity (Wildman–Crippen MR) is 134 cm³/mol. The number of hydrogen-bond donors (Lipinski definition) is 1. The fraction of sp³-hybridized carbons (Fsp3) is 0.517. The van der Waals surface area contributed by atoms with Crippen LogP contribution in [0.15, 0.2) is 62.2 Å². The smallest absolute Gasteiger partial charge is 0.371 e. The average Bonchev–Trinajstić information content (AvgIpc) is 3.41. The molecule has 0 saturated heterocycles. The van der Waals surface area contributed by atoms with Crippen molar-refractivity contribution in [1.82, 2.24) is 0 Å². The summed E-state index contributed by atoms with van der Waals surface area (Å²) >= 11 is 0. The third-order valence-corrected chi connectivity index (χ3v) is 7.24. The average molecular weight is 448 g/mol. The summed E-state index contributed by atoms with van der Waals surface area (Å²) in [6.07, 6.45) is 21.0. The van der Waals surface area contributed by atoms with Crippen LogP contribution >= 0.6 is 0 Å². The Hall–Kier alpha value is -2.62. The fourth-order valence-electron chi connectivity index (χ4n) is 5.51. The Morgan fingerprint density at radius 2 is 1.97 bits per heavy atom. The minimum Gasteiger partial charge on any atom is -0.475 e. The molecule has 1 atom stereocenters. The lowest BCUT2D eigenvalue weighted by atomic mass is 9.68. The highest BCUT2D eigenvalue weighted by Gasteiger charge is 2.40. The van der Waals surface area contributed by atoms with Gasteiger partial charge in [-0.05, 0) is 66.5 Å². The summed E-state index contributed by atoms with van der Waals surface area (Å²) in [5, 5.41) is 9.10. The number of unbranched alkanes of at least 4 members (excludes halogenated alkanes) is 5. The molecule has 4 rings (SSSR count). The summed E-state index contributed by atoms with van der Waals surface area (Å²) in [5.74, 6) is -0.116. The molecule has 33 heavy (non-hydrogen) atoms. The van der Waals surface area contributed by atoms with Crippen molar-refractivity contribution >= 4 is 17.8 Å². The van der Waals surface area contributed by atoms with E-state index in [1.165, 1.54) is 80.7 Å². The molecular weight excluding hydrogens is 410 g/mol. The number of rotatable bonds is 10. The standard InChI is InChI=1S/C29H37NO3/c1-4-5-6-7-8-9-11-20-13-14-21(15-16-22-17-18-24(33-22)28(31)32)27-25(20)26-23(30-27)12-10-19-29(26,2)3/h13-18,20H,4-12,19H2,1-3H3,(H,31,32)/b16-15-. The lowest BCUT2D eigenvalue weighted by Gasteiger charge is -2.35. The van der Waals surface area contributed by atoms with E-state index in [0.717, 1.165) is 17.7 Å². The molecule has 0 amide bonds. The van der Waals surface area contributed by atoms with Gasteiger partial charge >= 0.3 is 5.97 Å². The van der Waals surface area contributed by atoms with Crippen molar-refractivity contribution in [3.63, 3.8) is 0 Å². The van der Waals surface area contributed by atoms with Gasteiger partial charge in [-0.15, -0.1) is 0 Å². The van der Waals surface area contributed by atoms with Gasteiger partial charge < -0.3 is 9.52 Å². The lowest BCUT2D eigenvalue weighted by Crippen LogP contribution is -2.27. The molecule has 2 heterocycles. The van der Waals surface area contributed by atoms with E-state index >= 15 is 0 Å². The maximum absolute atomic E-state index is 11.1. The Kier molecular flexibility index (Phi) is 7.21. The molecule has 4 nitrogen and oxygen atoms in total. The van der Waals surface area contributed by atoms with Crippen LogP contribution in [-0.2, 0) is 0 Å². The molecule has 176 valence electrons. The molecule has 0 bridgehead atoms. The van der Waals surface area contributed by atoms with Crippen molar-refractivity contribution < 1.29 is 14.3 Å². The zero-order valence-electron chi connectivity index (χ0n) is 20.3. The number of aromatic carboxylic acids is 1. The summed E-state index contributed by atoms with van der Waals surface area (Å²) in [4.78, 5) is 16.3. The normalized spacial score (nSPS) is 21.5. The van der Waals surface area contributed by atoms with Gasteiger partial charge in [0.25, 0.3) is 0 Å².